The number of ketones is 1. The van der Waals surface area contributed by atoms with Gasteiger partial charge in [0.25, 0.3) is 0 Å². The van der Waals surface area contributed by atoms with Gasteiger partial charge in [-0.25, -0.2) is 4.79 Å². The van der Waals surface area contributed by atoms with Crippen LogP contribution in [-0.2, 0) is 14.4 Å². The first kappa shape index (κ1) is 12.2. The lowest BCUT2D eigenvalue weighted by molar-refractivity contribution is -0.207. The quantitative estimate of drug-likeness (QED) is 0.660. The van der Waals surface area contributed by atoms with Gasteiger partial charge in [0.1, 0.15) is 5.78 Å². The number of piperidine rings is 1. The van der Waals surface area contributed by atoms with Crippen LogP contribution < -0.4 is 0 Å². The first-order valence-electron chi connectivity index (χ1n) is 5.31. The highest BCUT2D eigenvalue weighted by Gasteiger charge is 2.30. The van der Waals surface area contributed by atoms with Crippen molar-refractivity contribution in [3.8, 4) is 0 Å². The van der Waals surface area contributed by atoms with Crippen LogP contribution in [-0.4, -0.2) is 29.9 Å². The zero-order valence-electron chi connectivity index (χ0n) is 9.87. The number of hydrogen-bond acceptors (Lipinski definition) is 4. The highest BCUT2D eigenvalue weighted by atomic mass is 16.7. The Morgan fingerprint density at radius 2 is 2.07 bits per heavy atom. The Bertz CT molecular complexity index is 267. The largest absolute Gasteiger partial charge is 0.367 e. The van der Waals surface area contributed by atoms with Gasteiger partial charge >= 0.3 is 5.97 Å². The Kier molecular flexibility index (Phi) is 3.50. The molecule has 0 bridgehead atoms. The van der Waals surface area contributed by atoms with E-state index in [4.69, 9.17) is 4.84 Å². The predicted octanol–water partition coefficient (Wildman–Crippen LogP) is 1.40. The topological polar surface area (TPSA) is 46.6 Å². The van der Waals surface area contributed by atoms with E-state index >= 15 is 0 Å². The normalized spacial score (nSPS) is 24.0. The van der Waals surface area contributed by atoms with Crippen molar-refractivity contribution in [1.29, 1.82) is 0 Å². The van der Waals surface area contributed by atoms with Crippen LogP contribution in [0.15, 0.2) is 0 Å². The van der Waals surface area contributed by atoms with Crippen molar-refractivity contribution in [3.05, 3.63) is 0 Å². The molecule has 0 aromatic carbocycles. The van der Waals surface area contributed by atoms with E-state index in [-0.39, 0.29) is 17.7 Å². The average molecular weight is 213 g/mol. The van der Waals surface area contributed by atoms with Crippen molar-refractivity contribution in [2.75, 3.05) is 13.1 Å². The van der Waals surface area contributed by atoms with Gasteiger partial charge in [0.15, 0.2) is 0 Å². The minimum Gasteiger partial charge on any atom is -0.367 e. The Hall–Kier alpha value is -0.900. The molecule has 0 radical (unpaired) electrons. The van der Waals surface area contributed by atoms with E-state index in [2.05, 4.69) is 0 Å². The molecule has 1 aliphatic rings. The Balaban J connectivity index is 2.47. The molecule has 1 aliphatic heterocycles. The third-order valence-electron chi connectivity index (χ3n) is 2.46. The number of rotatable bonds is 1. The minimum absolute atomic E-state index is 0.0356. The number of nitrogens with zero attached hydrogens (tertiary/aromatic N) is 1. The molecule has 0 N–H and O–H groups in total. The Morgan fingerprint density at radius 3 is 2.53 bits per heavy atom. The molecular formula is C11H19NO3. The fourth-order valence-electron chi connectivity index (χ4n) is 1.32. The van der Waals surface area contributed by atoms with E-state index in [0.29, 0.717) is 19.5 Å². The van der Waals surface area contributed by atoms with Gasteiger partial charge in [-0.3, -0.25) is 4.79 Å². The summed E-state index contributed by atoms with van der Waals surface area (Å²) in [6.45, 7) is 8.33. The highest BCUT2D eigenvalue weighted by molar-refractivity contribution is 5.82. The van der Waals surface area contributed by atoms with Gasteiger partial charge in [-0.15, -0.1) is 5.06 Å². The van der Waals surface area contributed by atoms with Crippen LogP contribution in [0.5, 0.6) is 0 Å². The van der Waals surface area contributed by atoms with Crippen molar-refractivity contribution in [3.63, 3.8) is 0 Å². The van der Waals surface area contributed by atoms with E-state index in [0.717, 1.165) is 0 Å². The molecule has 0 amide bonds. The van der Waals surface area contributed by atoms with E-state index < -0.39 is 5.41 Å². The summed E-state index contributed by atoms with van der Waals surface area (Å²) in [5, 5.41) is 1.60. The second-order valence-corrected chi connectivity index (χ2v) is 5.13. The second-order valence-electron chi connectivity index (χ2n) is 5.13. The fraction of sp³-hybridized carbons (Fsp3) is 0.818. The summed E-state index contributed by atoms with van der Waals surface area (Å²) in [7, 11) is 0. The smallest absolute Gasteiger partial charge is 0.330 e. The molecule has 0 aliphatic carbocycles. The van der Waals surface area contributed by atoms with Crippen LogP contribution in [0.4, 0.5) is 0 Å². The van der Waals surface area contributed by atoms with Gasteiger partial charge in [-0.1, -0.05) is 6.92 Å². The Labute approximate surface area is 90.5 Å². The number of Topliss-reactive ketones (excluding diaryl/α,β-unsaturated/α-hetero) is 1. The highest BCUT2D eigenvalue weighted by Crippen LogP contribution is 2.19. The minimum atomic E-state index is -0.495. The predicted molar refractivity (Wildman–Crippen MR) is 55.9 cm³/mol. The van der Waals surface area contributed by atoms with Gasteiger partial charge in [-0.2, -0.15) is 0 Å². The van der Waals surface area contributed by atoms with Gasteiger partial charge in [0, 0.05) is 25.4 Å². The number of carbonyl (C=O) groups excluding carboxylic acids is 2. The van der Waals surface area contributed by atoms with Crippen molar-refractivity contribution in [1.82, 2.24) is 5.06 Å². The SMILES string of the molecule is CC1CN(OC(=O)C(C)(C)C)CCC1=O. The maximum atomic E-state index is 11.6. The molecule has 4 nitrogen and oxygen atoms in total. The molecule has 1 rings (SSSR count). The molecule has 1 atom stereocenters. The second kappa shape index (κ2) is 4.31. The van der Waals surface area contributed by atoms with Crippen molar-refractivity contribution < 1.29 is 14.4 Å². The maximum absolute atomic E-state index is 11.6. The van der Waals surface area contributed by atoms with E-state index in [1.54, 1.807) is 5.06 Å². The van der Waals surface area contributed by atoms with Crippen LogP contribution in [0.3, 0.4) is 0 Å². The van der Waals surface area contributed by atoms with Crippen molar-refractivity contribution in [2.45, 2.75) is 34.1 Å². The summed E-state index contributed by atoms with van der Waals surface area (Å²) in [4.78, 5) is 28.0. The van der Waals surface area contributed by atoms with Crippen molar-refractivity contribution >= 4 is 11.8 Å². The average Bonchev–Trinajstić information content (AvgIpc) is 2.10. The van der Waals surface area contributed by atoms with Gasteiger partial charge < -0.3 is 4.84 Å². The summed E-state index contributed by atoms with van der Waals surface area (Å²) < 4.78 is 0. The molecule has 1 heterocycles. The van der Waals surface area contributed by atoms with E-state index in [1.807, 2.05) is 27.7 Å². The molecule has 0 aromatic heterocycles. The molecule has 1 fully saturated rings. The maximum Gasteiger partial charge on any atom is 0.330 e. The van der Waals surface area contributed by atoms with Gasteiger partial charge in [0.2, 0.25) is 0 Å². The number of carbonyl (C=O) groups is 2. The van der Waals surface area contributed by atoms with Gasteiger partial charge in [0.05, 0.1) is 5.41 Å². The summed E-state index contributed by atoms with van der Waals surface area (Å²) >= 11 is 0. The first-order valence-corrected chi connectivity index (χ1v) is 5.31. The molecular weight excluding hydrogens is 194 g/mol. The first-order chi connectivity index (χ1) is 6.80. The lowest BCUT2D eigenvalue weighted by Gasteiger charge is -2.30. The van der Waals surface area contributed by atoms with Crippen molar-refractivity contribution in [2.24, 2.45) is 11.3 Å². The van der Waals surface area contributed by atoms with Crippen LogP contribution in [0.25, 0.3) is 0 Å². The number of hydrogen-bond donors (Lipinski definition) is 0. The molecule has 15 heavy (non-hydrogen) atoms. The monoisotopic (exact) mass is 213 g/mol. The third kappa shape index (κ3) is 3.30. The van der Waals surface area contributed by atoms with Crippen LogP contribution in [0.1, 0.15) is 34.1 Å². The van der Waals surface area contributed by atoms with Crippen LogP contribution in [0.2, 0.25) is 0 Å². The molecule has 0 spiro atoms. The summed E-state index contributed by atoms with van der Waals surface area (Å²) in [5.41, 5.74) is -0.495. The van der Waals surface area contributed by atoms with E-state index in [1.165, 1.54) is 0 Å². The summed E-state index contributed by atoms with van der Waals surface area (Å²) in [6.07, 6.45) is 0.471. The third-order valence-corrected chi connectivity index (χ3v) is 2.46. The molecule has 86 valence electrons. The number of hydroxylamine groups is 2. The van der Waals surface area contributed by atoms with E-state index in [9.17, 15) is 9.59 Å². The van der Waals surface area contributed by atoms with Crippen LogP contribution >= 0.6 is 0 Å². The Morgan fingerprint density at radius 1 is 1.47 bits per heavy atom. The zero-order chi connectivity index (χ0) is 11.6. The molecule has 0 aromatic rings. The van der Waals surface area contributed by atoms with Crippen LogP contribution in [0, 0.1) is 11.3 Å². The molecule has 4 heteroatoms. The molecule has 1 saturated heterocycles. The fourth-order valence-corrected chi connectivity index (χ4v) is 1.32. The zero-order valence-corrected chi connectivity index (χ0v) is 9.87. The summed E-state index contributed by atoms with van der Waals surface area (Å²) in [6, 6.07) is 0. The van der Waals surface area contributed by atoms with Gasteiger partial charge in [-0.05, 0) is 20.8 Å². The molecule has 0 saturated carbocycles. The lowest BCUT2D eigenvalue weighted by atomic mass is 9.97. The standard InChI is InChI=1S/C11H19NO3/c1-8-7-12(6-5-9(8)13)15-10(14)11(2,3)4/h8H,5-7H2,1-4H3. The lowest BCUT2D eigenvalue weighted by Crippen LogP contribution is -2.42. The molecule has 1 unspecified atom stereocenters. The summed E-state index contributed by atoms with van der Waals surface area (Å²) in [5.74, 6) is -0.0337.